The smallest absolute Gasteiger partial charge is 0.228 e. The molecule has 0 aromatic heterocycles. The quantitative estimate of drug-likeness (QED) is 0.782. The third kappa shape index (κ3) is 4.67. The molecule has 0 aliphatic carbocycles. The molecule has 152 valence electrons. The van der Waals surface area contributed by atoms with Gasteiger partial charge in [-0.3, -0.25) is 9.59 Å². The van der Waals surface area contributed by atoms with Crippen LogP contribution in [0.15, 0.2) is 54.6 Å². The number of carbonyl (C=O) groups is 2. The van der Waals surface area contributed by atoms with Crippen molar-refractivity contribution in [3.63, 3.8) is 0 Å². The highest BCUT2D eigenvalue weighted by molar-refractivity contribution is 6.00. The Morgan fingerprint density at radius 3 is 2.41 bits per heavy atom. The van der Waals surface area contributed by atoms with Crippen LogP contribution in [0.3, 0.4) is 0 Å². The average molecular weight is 392 g/mol. The standard InChI is InChI=1S/C24H28N2O3/c1-18-7-9-21(10-8-18)26-16-20(15-23(26)27)24(28)25-13-11-22(12-14-25)29-17-19-5-3-2-4-6-19/h2-10,20,22H,11-17H2,1H3. The van der Waals surface area contributed by atoms with Crippen LogP contribution >= 0.6 is 0 Å². The van der Waals surface area contributed by atoms with E-state index in [0.717, 1.165) is 24.1 Å². The average Bonchev–Trinajstić information content (AvgIpc) is 3.15. The number of benzene rings is 2. The summed E-state index contributed by atoms with van der Waals surface area (Å²) in [5, 5.41) is 0. The number of amides is 2. The van der Waals surface area contributed by atoms with Gasteiger partial charge >= 0.3 is 0 Å². The summed E-state index contributed by atoms with van der Waals surface area (Å²) in [6.07, 6.45) is 2.19. The predicted molar refractivity (Wildman–Crippen MR) is 112 cm³/mol. The number of ether oxygens (including phenoxy) is 1. The molecule has 5 heteroatoms. The number of piperidine rings is 1. The molecule has 2 aliphatic rings. The van der Waals surface area contributed by atoms with Gasteiger partial charge < -0.3 is 14.5 Å². The number of hydrogen-bond acceptors (Lipinski definition) is 3. The fourth-order valence-corrected chi connectivity index (χ4v) is 4.14. The van der Waals surface area contributed by atoms with Gasteiger partial charge in [-0.1, -0.05) is 48.0 Å². The molecule has 29 heavy (non-hydrogen) atoms. The zero-order chi connectivity index (χ0) is 20.2. The molecule has 0 saturated carbocycles. The molecule has 0 radical (unpaired) electrons. The predicted octanol–water partition coefficient (Wildman–Crippen LogP) is 3.56. The summed E-state index contributed by atoms with van der Waals surface area (Å²) >= 11 is 0. The maximum Gasteiger partial charge on any atom is 0.228 e. The minimum atomic E-state index is -0.245. The number of aryl methyl sites for hydroxylation is 1. The van der Waals surface area contributed by atoms with Crippen LogP contribution in [-0.2, 0) is 20.9 Å². The lowest BCUT2D eigenvalue weighted by atomic mass is 10.0. The zero-order valence-electron chi connectivity index (χ0n) is 16.9. The number of hydrogen-bond donors (Lipinski definition) is 0. The highest BCUT2D eigenvalue weighted by atomic mass is 16.5. The Balaban J connectivity index is 1.27. The largest absolute Gasteiger partial charge is 0.373 e. The molecule has 2 amide bonds. The number of nitrogens with zero attached hydrogens (tertiary/aromatic N) is 2. The minimum Gasteiger partial charge on any atom is -0.373 e. The van der Waals surface area contributed by atoms with Gasteiger partial charge in [0.15, 0.2) is 0 Å². The van der Waals surface area contributed by atoms with Gasteiger partial charge in [0, 0.05) is 31.7 Å². The molecule has 2 aromatic carbocycles. The van der Waals surface area contributed by atoms with Gasteiger partial charge in [-0.05, 0) is 37.5 Å². The van der Waals surface area contributed by atoms with Crippen molar-refractivity contribution < 1.29 is 14.3 Å². The lowest BCUT2D eigenvalue weighted by Crippen LogP contribution is -2.44. The second-order valence-corrected chi connectivity index (χ2v) is 8.06. The molecule has 0 spiro atoms. The summed E-state index contributed by atoms with van der Waals surface area (Å²) in [6, 6.07) is 18.1. The zero-order valence-corrected chi connectivity index (χ0v) is 16.9. The number of likely N-dealkylation sites (tertiary alicyclic amines) is 1. The Morgan fingerprint density at radius 2 is 1.72 bits per heavy atom. The Labute approximate surface area is 172 Å². The Morgan fingerprint density at radius 1 is 1.03 bits per heavy atom. The van der Waals surface area contributed by atoms with Crippen LogP contribution in [0, 0.1) is 12.8 Å². The van der Waals surface area contributed by atoms with Gasteiger partial charge in [-0.2, -0.15) is 0 Å². The van der Waals surface area contributed by atoms with Crippen molar-refractivity contribution in [3.05, 3.63) is 65.7 Å². The fraction of sp³-hybridized carbons (Fsp3) is 0.417. The maximum absolute atomic E-state index is 13.0. The first-order valence-electron chi connectivity index (χ1n) is 10.4. The van der Waals surface area contributed by atoms with E-state index in [2.05, 4.69) is 12.1 Å². The summed E-state index contributed by atoms with van der Waals surface area (Å²) in [5.41, 5.74) is 3.21. The van der Waals surface area contributed by atoms with E-state index in [1.807, 2.05) is 54.3 Å². The molecular formula is C24H28N2O3. The molecule has 1 unspecified atom stereocenters. The monoisotopic (exact) mass is 392 g/mol. The molecule has 2 aromatic rings. The molecule has 5 nitrogen and oxygen atoms in total. The first kappa shape index (κ1) is 19.6. The van der Waals surface area contributed by atoms with Gasteiger partial charge in [0.2, 0.25) is 11.8 Å². The van der Waals surface area contributed by atoms with Crippen molar-refractivity contribution in [2.75, 3.05) is 24.5 Å². The number of carbonyl (C=O) groups excluding carboxylic acids is 2. The Bertz CT molecular complexity index is 842. The topological polar surface area (TPSA) is 49.9 Å². The van der Waals surface area contributed by atoms with Crippen molar-refractivity contribution >= 4 is 17.5 Å². The van der Waals surface area contributed by atoms with Gasteiger partial charge in [0.1, 0.15) is 0 Å². The van der Waals surface area contributed by atoms with E-state index >= 15 is 0 Å². The third-order valence-corrected chi connectivity index (χ3v) is 5.90. The summed E-state index contributed by atoms with van der Waals surface area (Å²) in [7, 11) is 0. The van der Waals surface area contributed by atoms with Gasteiger partial charge in [0.25, 0.3) is 0 Å². The minimum absolute atomic E-state index is 0.0354. The summed E-state index contributed by atoms with van der Waals surface area (Å²) in [4.78, 5) is 29.1. The highest BCUT2D eigenvalue weighted by Crippen LogP contribution is 2.28. The number of anilines is 1. The van der Waals surface area contributed by atoms with Gasteiger partial charge in [0.05, 0.1) is 18.6 Å². The van der Waals surface area contributed by atoms with Crippen LogP contribution in [0.5, 0.6) is 0 Å². The molecule has 0 N–H and O–H groups in total. The normalized spacial score (nSPS) is 20.3. The van der Waals surface area contributed by atoms with Crippen molar-refractivity contribution in [3.8, 4) is 0 Å². The molecule has 2 aliphatic heterocycles. The van der Waals surface area contributed by atoms with E-state index in [1.54, 1.807) is 4.90 Å². The van der Waals surface area contributed by atoms with Crippen molar-refractivity contribution in [1.29, 1.82) is 0 Å². The van der Waals surface area contributed by atoms with Crippen LogP contribution < -0.4 is 4.90 Å². The van der Waals surface area contributed by atoms with E-state index in [4.69, 9.17) is 4.74 Å². The van der Waals surface area contributed by atoms with E-state index in [-0.39, 0.29) is 23.8 Å². The molecule has 2 heterocycles. The van der Waals surface area contributed by atoms with Crippen molar-refractivity contribution in [2.24, 2.45) is 5.92 Å². The second-order valence-electron chi connectivity index (χ2n) is 8.06. The van der Waals surface area contributed by atoms with E-state index in [9.17, 15) is 9.59 Å². The Hall–Kier alpha value is -2.66. The lowest BCUT2D eigenvalue weighted by molar-refractivity contribution is -0.138. The Kier molecular flexibility index (Phi) is 5.95. The van der Waals surface area contributed by atoms with Gasteiger partial charge in [-0.25, -0.2) is 0 Å². The highest BCUT2D eigenvalue weighted by Gasteiger charge is 2.38. The molecule has 1 atom stereocenters. The van der Waals surface area contributed by atoms with Crippen LogP contribution in [0.4, 0.5) is 5.69 Å². The summed E-state index contributed by atoms with van der Waals surface area (Å²) < 4.78 is 6.02. The van der Waals surface area contributed by atoms with E-state index in [1.165, 1.54) is 5.56 Å². The molecule has 4 rings (SSSR count). The fourth-order valence-electron chi connectivity index (χ4n) is 4.14. The van der Waals surface area contributed by atoms with Crippen LogP contribution in [0.2, 0.25) is 0 Å². The third-order valence-electron chi connectivity index (χ3n) is 5.90. The molecule has 2 fully saturated rings. The lowest BCUT2D eigenvalue weighted by Gasteiger charge is -2.33. The van der Waals surface area contributed by atoms with Crippen molar-refractivity contribution in [1.82, 2.24) is 4.90 Å². The van der Waals surface area contributed by atoms with Crippen LogP contribution in [0.25, 0.3) is 0 Å². The first-order valence-corrected chi connectivity index (χ1v) is 10.4. The second kappa shape index (κ2) is 8.78. The van der Waals surface area contributed by atoms with Crippen molar-refractivity contribution in [2.45, 2.75) is 38.9 Å². The van der Waals surface area contributed by atoms with Gasteiger partial charge in [-0.15, -0.1) is 0 Å². The van der Waals surface area contributed by atoms with Crippen LogP contribution in [-0.4, -0.2) is 42.5 Å². The summed E-state index contributed by atoms with van der Waals surface area (Å²) in [5.74, 6) is -0.103. The SMILES string of the molecule is Cc1ccc(N2CC(C(=O)N3CCC(OCc4ccccc4)CC3)CC2=O)cc1. The van der Waals surface area contributed by atoms with E-state index < -0.39 is 0 Å². The molecule has 2 saturated heterocycles. The maximum atomic E-state index is 13.0. The summed E-state index contributed by atoms with van der Waals surface area (Å²) in [6.45, 7) is 4.52. The van der Waals surface area contributed by atoms with E-state index in [0.29, 0.717) is 32.7 Å². The first-order chi connectivity index (χ1) is 14.1. The van der Waals surface area contributed by atoms with Crippen LogP contribution in [0.1, 0.15) is 30.4 Å². The molecular weight excluding hydrogens is 364 g/mol. The number of rotatable bonds is 5. The molecule has 0 bridgehead atoms.